The van der Waals surface area contributed by atoms with Crippen LogP contribution in [0.5, 0.6) is 0 Å². The van der Waals surface area contributed by atoms with Crippen LogP contribution in [0.2, 0.25) is 0 Å². The SMILES string of the molecule is CC1=CCCC(C)(C)[C@@H]1C(=O)C[C@@H](C)Nc1ccccc1. The number of hydrogen-bond donors (Lipinski definition) is 1. The molecule has 0 heterocycles. The molecular formula is C19H27NO. The number of benzene rings is 1. The Morgan fingerprint density at radius 1 is 1.33 bits per heavy atom. The maximum atomic E-state index is 12.7. The molecule has 0 spiro atoms. The number of anilines is 1. The van der Waals surface area contributed by atoms with Gasteiger partial charge in [-0.15, -0.1) is 0 Å². The first-order valence-corrected chi connectivity index (χ1v) is 7.91. The fourth-order valence-corrected chi connectivity index (χ4v) is 3.53. The second-order valence-corrected chi connectivity index (χ2v) is 6.99. The van der Waals surface area contributed by atoms with Gasteiger partial charge in [-0.1, -0.05) is 43.7 Å². The highest BCUT2D eigenvalue weighted by Crippen LogP contribution is 2.42. The third kappa shape index (κ3) is 3.96. The van der Waals surface area contributed by atoms with Crippen molar-refractivity contribution in [1.82, 2.24) is 0 Å². The number of rotatable bonds is 5. The highest BCUT2D eigenvalue weighted by molar-refractivity contribution is 5.85. The van der Waals surface area contributed by atoms with Crippen LogP contribution in [0.3, 0.4) is 0 Å². The molecule has 1 aromatic carbocycles. The van der Waals surface area contributed by atoms with Gasteiger partial charge in [0.25, 0.3) is 0 Å². The van der Waals surface area contributed by atoms with E-state index >= 15 is 0 Å². The molecule has 1 aliphatic carbocycles. The molecule has 0 fully saturated rings. The predicted octanol–water partition coefficient (Wildman–Crippen LogP) is 4.83. The number of para-hydroxylation sites is 1. The molecule has 2 rings (SSSR count). The minimum atomic E-state index is 0.0753. The predicted molar refractivity (Wildman–Crippen MR) is 89.4 cm³/mol. The molecule has 21 heavy (non-hydrogen) atoms. The van der Waals surface area contributed by atoms with Crippen LogP contribution in [0, 0.1) is 11.3 Å². The zero-order valence-corrected chi connectivity index (χ0v) is 13.6. The average molecular weight is 285 g/mol. The van der Waals surface area contributed by atoms with Gasteiger partial charge < -0.3 is 5.32 Å². The minimum Gasteiger partial charge on any atom is -0.382 e. The second-order valence-electron chi connectivity index (χ2n) is 6.99. The number of Topliss-reactive ketones (excluding diaryl/α,β-unsaturated/α-hetero) is 1. The molecule has 0 saturated carbocycles. The standard InChI is InChI=1S/C19H27NO/c1-14-9-8-12-19(3,4)18(14)17(21)13-15(2)20-16-10-6-5-7-11-16/h5-7,9-11,15,18,20H,8,12-13H2,1-4H3/t15-,18+/m1/s1. The van der Waals surface area contributed by atoms with Gasteiger partial charge in [0.05, 0.1) is 0 Å². The molecule has 0 aliphatic heterocycles. The summed E-state index contributed by atoms with van der Waals surface area (Å²) in [6, 6.07) is 10.3. The summed E-state index contributed by atoms with van der Waals surface area (Å²) in [5.41, 5.74) is 2.42. The first kappa shape index (κ1) is 15.8. The van der Waals surface area contributed by atoms with Crippen molar-refractivity contribution in [3.63, 3.8) is 0 Å². The molecule has 0 radical (unpaired) electrons. The van der Waals surface area contributed by atoms with Gasteiger partial charge in [0, 0.05) is 24.1 Å². The molecule has 0 unspecified atom stereocenters. The van der Waals surface area contributed by atoms with Crippen molar-refractivity contribution in [3.8, 4) is 0 Å². The van der Waals surface area contributed by atoms with E-state index in [1.54, 1.807) is 0 Å². The first-order valence-electron chi connectivity index (χ1n) is 7.91. The third-order valence-corrected chi connectivity index (χ3v) is 4.51. The van der Waals surface area contributed by atoms with Crippen molar-refractivity contribution >= 4 is 11.5 Å². The fraction of sp³-hybridized carbons (Fsp3) is 0.526. The summed E-state index contributed by atoms with van der Waals surface area (Å²) in [7, 11) is 0. The highest BCUT2D eigenvalue weighted by Gasteiger charge is 2.37. The molecule has 0 aromatic heterocycles. The van der Waals surface area contributed by atoms with Crippen molar-refractivity contribution in [1.29, 1.82) is 0 Å². The number of ketones is 1. The Hall–Kier alpha value is -1.57. The van der Waals surface area contributed by atoms with Crippen LogP contribution >= 0.6 is 0 Å². The zero-order valence-electron chi connectivity index (χ0n) is 13.6. The number of allylic oxidation sites excluding steroid dienone is 2. The Kier molecular flexibility index (Phi) is 4.87. The van der Waals surface area contributed by atoms with Crippen LogP contribution in [0.15, 0.2) is 42.0 Å². The zero-order chi connectivity index (χ0) is 15.5. The number of carbonyl (C=O) groups excluding carboxylic acids is 1. The first-order chi connectivity index (χ1) is 9.90. The van der Waals surface area contributed by atoms with Crippen LogP contribution in [0.25, 0.3) is 0 Å². The van der Waals surface area contributed by atoms with E-state index in [2.05, 4.69) is 39.1 Å². The van der Waals surface area contributed by atoms with Crippen molar-refractivity contribution in [2.24, 2.45) is 11.3 Å². The Labute approximate surface area is 128 Å². The molecule has 1 aliphatic rings. The monoisotopic (exact) mass is 285 g/mol. The van der Waals surface area contributed by atoms with E-state index in [9.17, 15) is 4.79 Å². The summed E-state index contributed by atoms with van der Waals surface area (Å²) < 4.78 is 0. The number of carbonyl (C=O) groups is 1. The van der Waals surface area contributed by atoms with Crippen LogP contribution < -0.4 is 5.32 Å². The Bertz CT molecular complexity index is 516. The van der Waals surface area contributed by atoms with E-state index in [1.165, 1.54) is 5.57 Å². The fourth-order valence-electron chi connectivity index (χ4n) is 3.53. The van der Waals surface area contributed by atoms with E-state index in [0.717, 1.165) is 18.5 Å². The van der Waals surface area contributed by atoms with Gasteiger partial charge in [0.15, 0.2) is 0 Å². The summed E-state index contributed by atoms with van der Waals surface area (Å²) in [5.74, 6) is 0.440. The van der Waals surface area contributed by atoms with Crippen LogP contribution in [-0.4, -0.2) is 11.8 Å². The molecule has 1 aromatic rings. The molecule has 2 atom stereocenters. The van der Waals surface area contributed by atoms with E-state index in [-0.39, 0.29) is 17.4 Å². The molecule has 1 N–H and O–H groups in total. The lowest BCUT2D eigenvalue weighted by atomic mass is 9.66. The Morgan fingerprint density at radius 3 is 2.62 bits per heavy atom. The Balaban J connectivity index is 2.00. The summed E-state index contributed by atoms with van der Waals surface area (Å²) in [5, 5.41) is 3.41. The third-order valence-electron chi connectivity index (χ3n) is 4.51. The minimum absolute atomic E-state index is 0.0753. The Morgan fingerprint density at radius 2 is 2.00 bits per heavy atom. The molecule has 2 nitrogen and oxygen atoms in total. The van der Waals surface area contributed by atoms with Gasteiger partial charge in [-0.2, -0.15) is 0 Å². The maximum absolute atomic E-state index is 12.7. The van der Waals surface area contributed by atoms with Crippen molar-refractivity contribution in [2.45, 2.75) is 53.0 Å². The van der Waals surface area contributed by atoms with Crippen LogP contribution in [0.1, 0.15) is 47.0 Å². The smallest absolute Gasteiger partial charge is 0.142 e. The molecule has 0 amide bonds. The summed E-state index contributed by atoms with van der Waals surface area (Å²) in [6.45, 7) is 8.64. The van der Waals surface area contributed by atoms with E-state index in [0.29, 0.717) is 12.2 Å². The molecule has 2 heteroatoms. The van der Waals surface area contributed by atoms with Gasteiger partial charge in [-0.05, 0) is 44.2 Å². The highest BCUT2D eigenvalue weighted by atomic mass is 16.1. The largest absolute Gasteiger partial charge is 0.382 e. The second kappa shape index (κ2) is 6.46. The summed E-state index contributed by atoms with van der Waals surface area (Å²) in [6.07, 6.45) is 5.01. The van der Waals surface area contributed by atoms with Crippen molar-refractivity contribution < 1.29 is 4.79 Å². The van der Waals surface area contributed by atoms with Gasteiger partial charge in [0.2, 0.25) is 0 Å². The average Bonchev–Trinajstić information content (AvgIpc) is 2.38. The van der Waals surface area contributed by atoms with Gasteiger partial charge in [-0.25, -0.2) is 0 Å². The van der Waals surface area contributed by atoms with Crippen LogP contribution in [-0.2, 0) is 4.79 Å². The molecule has 0 bridgehead atoms. The topological polar surface area (TPSA) is 29.1 Å². The van der Waals surface area contributed by atoms with Gasteiger partial charge >= 0.3 is 0 Å². The van der Waals surface area contributed by atoms with Gasteiger partial charge in [-0.3, -0.25) is 4.79 Å². The lowest BCUT2D eigenvalue weighted by Crippen LogP contribution is -2.36. The van der Waals surface area contributed by atoms with Crippen molar-refractivity contribution in [2.75, 3.05) is 5.32 Å². The maximum Gasteiger partial charge on any atom is 0.142 e. The normalized spacial score (nSPS) is 22.3. The molecule has 0 saturated heterocycles. The van der Waals surface area contributed by atoms with E-state index < -0.39 is 0 Å². The van der Waals surface area contributed by atoms with Gasteiger partial charge in [0.1, 0.15) is 5.78 Å². The summed E-state index contributed by atoms with van der Waals surface area (Å²) >= 11 is 0. The van der Waals surface area contributed by atoms with E-state index in [1.807, 2.05) is 30.3 Å². The molecular weight excluding hydrogens is 258 g/mol. The quantitative estimate of drug-likeness (QED) is 0.785. The summed E-state index contributed by atoms with van der Waals surface area (Å²) in [4.78, 5) is 12.7. The van der Waals surface area contributed by atoms with Crippen LogP contribution in [0.4, 0.5) is 5.69 Å². The molecule has 114 valence electrons. The van der Waals surface area contributed by atoms with E-state index in [4.69, 9.17) is 0 Å². The number of nitrogens with one attached hydrogen (secondary N) is 1. The van der Waals surface area contributed by atoms with Crippen molar-refractivity contribution in [3.05, 3.63) is 42.0 Å². The number of hydrogen-bond acceptors (Lipinski definition) is 2. The lowest BCUT2D eigenvalue weighted by Gasteiger charge is -2.38. The lowest BCUT2D eigenvalue weighted by molar-refractivity contribution is -0.125.